The van der Waals surface area contributed by atoms with E-state index in [0.29, 0.717) is 0 Å². The van der Waals surface area contributed by atoms with E-state index in [4.69, 9.17) is 0 Å². The summed E-state index contributed by atoms with van der Waals surface area (Å²) >= 11 is 0. The van der Waals surface area contributed by atoms with Crippen LogP contribution in [0.4, 0.5) is 18.9 Å². The third-order valence-electron chi connectivity index (χ3n) is 1.23. The van der Waals surface area contributed by atoms with Gasteiger partial charge in [-0.25, -0.2) is 0 Å². The summed E-state index contributed by atoms with van der Waals surface area (Å²) in [5.74, 6) is 0. The molecule has 1 aromatic carbocycles. The zero-order valence-electron chi connectivity index (χ0n) is 6.05. The van der Waals surface area contributed by atoms with E-state index in [2.05, 4.69) is 0 Å². The van der Waals surface area contributed by atoms with Crippen molar-refractivity contribution in [3.8, 4) is 0 Å². The first-order valence-corrected chi connectivity index (χ1v) is 3.07. The fourth-order valence-corrected chi connectivity index (χ4v) is 0.746. The van der Waals surface area contributed by atoms with Crippen molar-refractivity contribution < 1.29 is 18.1 Å². The van der Waals surface area contributed by atoms with Gasteiger partial charge in [0.25, 0.3) is 5.69 Å². The van der Waals surface area contributed by atoms with Crippen LogP contribution in [0.3, 0.4) is 0 Å². The maximum absolute atomic E-state index is 12.1. The molecule has 0 aromatic heterocycles. The number of hydrogen-bond donors (Lipinski definition) is 0. The lowest BCUT2D eigenvalue weighted by atomic mass is 10.2. The van der Waals surface area contributed by atoms with Crippen molar-refractivity contribution in [2.45, 2.75) is 6.18 Å². The summed E-state index contributed by atoms with van der Waals surface area (Å²) in [5, 5.41) is 10.1. The van der Waals surface area contributed by atoms with E-state index in [0.717, 1.165) is 12.1 Å². The molecule has 13 heavy (non-hydrogen) atoms. The SMILES string of the molecule is O=[N+]([O-])c1[c]cc[c]c1C(F)(F)F. The van der Waals surface area contributed by atoms with Crippen LogP contribution in [0, 0.1) is 22.2 Å². The van der Waals surface area contributed by atoms with Crippen LogP contribution in [0.25, 0.3) is 0 Å². The molecule has 0 saturated carbocycles. The molecule has 0 atom stereocenters. The number of rotatable bonds is 1. The molecule has 0 amide bonds. The number of nitro groups is 1. The molecule has 0 aliphatic carbocycles. The average molecular weight is 189 g/mol. The van der Waals surface area contributed by atoms with Gasteiger partial charge in [0.2, 0.25) is 0 Å². The maximum Gasteiger partial charge on any atom is 0.423 e. The summed E-state index contributed by atoms with van der Waals surface area (Å²) in [6.45, 7) is 0. The predicted molar refractivity (Wildman–Crippen MR) is 35.8 cm³/mol. The lowest BCUT2D eigenvalue weighted by Crippen LogP contribution is -2.08. The zero-order chi connectivity index (χ0) is 10.1. The van der Waals surface area contributed by atoms with Gasteiger partial charge in [0.15, 0.2) is 0 Å². The van der Waals surface area contributed by atoms with Crippen molar-refractivity contribution in [2.75, 3.05) is 0 Å². The third kappa shape index (κ3) is 1.95. The smallest absolute Gasteiger partial charge is 0.258 e. The maximum atomic E-state index is 12.1. The molecule has 1 rings (SSSR count). The van der Waals surface area contributed by atoms with Crippen LogP contribution in [-0.4, -0.2) is 4.92 Å². The minimum absolute atomic E-state index is 0.926. The van der Waals surface area contributed by atoms with Gasteiger partial charge in [-0.2, -0.15) is 13.2 Å². The van der Waals surface area contributed by atoms with Gasteiger partial charge in [0.1, 0.15) is 5.56 Å². The van der Waals surface area contributed by atoms with E-state index in [-0.39, 0.29) is 0 Å². The zero-order valence-corrected chi connectivity index (χ0v) is 6.05. The van der Waals surface area contributed by atoms with Crippen LogP contribution in [0.5, 0.6) is 0 Å². The summed E-state index contributed by atoms with van der Waals surface area (Å²) in [4.78, 5) is 8.98. The summed E-state index contributed by atoms with van der Waals surface area (Å²) < 4.78 is 36.2. The summed E-state index contributed by atoms with van der Waals surface area (Å²) in [6.07, 6.45) is -4.76. The summed E-state index contributed by atoms with van der Waals surface area (Å²) in [5.41, 5.74) is -2.50. The molecule has 0 fully saturated rings. The minimum atomic E-state index is -4.76. The number of hydrogen-bond acceptors (Lipinski definition) is 2. The third-order valence-corrected chi connectivity index (χ3v) is 1.23. The Morgan fingerprint density at radius 2 is 1.85 bits per heavy atom. The average Bonchev–Trinajstić information content (AvgIpc) is 2.03. The van der Waals surface area contributed by atoms with E-state index in [1.54, 1.807) is 6.07 Å². The van der Waals surface area contributed by atoms with Gasteiger partial charge in [-0.1, -0.05) is 6.07 Å². The number of nitro benzene ring substituents is 1. The minimum Gasteiger partial charge on any atom is -0.258 e. The van der Waals surface area contributed by atoms with Crippen LogP contribution >= 0.6 is 0 Å². The fourth-order valence-electron chi connectivity index (χ4n) is 0.746. The Morgan fingerprint density at radius 1 is 1.31 bits per heavy atom. The van der Waals surface area contributed by atoms with Crippen LogP contribution in [0.1, 0.15) is 5.56 Å². The molecule has 0 aliphatic heterocycles. The first-order chi connectivity index (χ1) is 5.93. The van der Waals surface area contributed by atoms with Gasteiger partial charge < -0.3 is 0 Å². The standard InChI is InChI=1S/C7H2F3NO2/c8-7(9,10)5-3-1-2-4-6(5)11(12)13/h1-2H. The lowest BCUT2D eigenvalue weighted by molar-refractivity contribution is -0.388. The van der Waals surface area contributed by atoms with Crippen molar-refractivity contribution in [3.05, 3.63) is 39.9 Å². The van der Waals surface area contributed by atoms with Crippen molar-refractivity contribution in [3.63, 3.8) is 0 Å². The molecule has 1 aromatic rings. The largest absolute Gasteiger partial charge is 0.423 e. The molecule has 3 nitrogen and oxygen atoms in total. The highest BCUT2D eigenvalue weighted by Crippen LogP contribution is 2.34. The predicted octanol–water partition coefficient (Wildman–Crippen LogP) is 2.21. The Kier molecular flexibility index (Phi) is 2.22. The molecule has 0 saturated heterocycles. The van der Waals surface area contributed by atoms with Gasteiger partial charge in [-0.15, -0.1) is 0 Å². The van der Waals surface area contributed by atoms with Gasteiger partial charge in [0.05, 0.1) is 11.0 Å². The van der Waals surface area contributed by atoms with Gasteiger partial charge >= 0.3 is 6.18 Å². The second kappa shape index (κ2) is 3.04. The molecule has 0 unspecified atom stereocenters. The number of nitrogens with zero attached hydrogens (tertiary/aromatic N) is 1. The van der Waals surface area contributed by atoms with Crippen LogP contribution in [0.15, 0.2) is 12.1 Å². The van der Waals surface area contributed by atoms with Gasteiger partial charge in [-0.3, -0.25) is 10.1 Å². The first-order valence-electron chi connectivity index (χ1n) is 3.07. The number of benzene rings is 1. The molecule has 6 heteroatoms. The second-order valence-electron chi connectivity index (χ2n) is 2.10. The normalized spacial score (nSPS) is 11.3. The highest BCUT2D eigenvalue weighted by molar-refractivity contribution is 5.39. The molecule has 0 N–H and O–H groups in total. The highest BCUT2D eigenvalue weighted by atomic mass is 19.4. The summed E-state index contributed by atoms with van der Waals surface area (Å²) in [7, 11) is 0. The molecule has 0 aliphatic rings. The fraction of sp³-hybridized carbons (Fsp3) is 0.143. The highest BCUT2D eigenvalue weighted by Gasteiger charge is 2.38. The van der Waals surface area contributed by atoms with E-state index in [1.165, 1.54) is 0 Å². The second-order valence-corrected chi connectivity index (χ2v) is 2.10. The van der Waals surface area contributed by atoms with Crippen molar-refractivity contribution in [2.24, 2.45) is 0 Å². The van der Waals surface area contributed by atoms with Gasteiger partial charge in [0, 0.05) is 6.07 Å². The molecule has 0 spiro atoms. The van der Waals surface area contributed by atoms with Crippen LogP contribution in [0.2, 0.25) is 0 Å². The Morgan fingerprint density at radius 3 is 2.23 bits per heavy atom. The Labute approximate surface area is 70.9 Å². The summed E-state index contributed by atoms with van der Waals surface area (Å²) in [6, 6.07) is 5.59. The molecule has 0 heterocycles. The van der Waals surface area contributed by atoms with Crippen molar-refractivity contribution in [1.29, 1.82) is 0 Å². The first kappa shape index (κ1) is 9.50. The molecule has 2 radical (unpaired) electrons. The molecular formula is C7H2F3NO2. The molecule has 68 valence electrons. The lowest BCUT2D eigenvalue weighted by Gasteiger charge is -2.04. The Balaban J connectivity index is 3.28. The Bertz CT molecular complexity index is 335. The van der Waals surface area contributed by atoms with E-state index >= 15 is 0 Å². The Hall–Kier alpha value is -1.59. The van der Waals surface area contributed by atoms with Crippen molar-refractivity contribution in [1.82, 2.24) is 0 Å². The van der Waals surface area contributed by atoms with E-state index in [1.807, 2.05) is 6.07 Å². The molecular weight excluding hydrogens is 187 g/mol. The topological polar surface area (TPSA) is 43.1 Å². The quantitative estimate of drug-likeness (QED) is 0.502. The van der Waals surface area contributed by atoms with Crippen molar-refractivity contribution >= 4 is 5.69 Å². The van der Waals surface area contributed by atoms with Crippen LogP contribution in [-0.2, 0) is 6.18 Å². The van der Waals surface area contributed by atoms with E-state index < -0.39 is 22.4 Å². The number of halogens is 3. The molecule has 0 bridgehead atoms. The van der Waals surface area contributed by atoms with E-state index in [9.17, 15) is 23.3 Å². The number of alkyl halides is 3. The monoisotopic (exact) mass is 189 g/mol. The van der Waals surface area contributed by atoms with Gasteiger partial charge in [-0.05, 0) is 6.07 Å². The van der Waals surface area contributed by atoms with Crippen LogP contribution < -0.4 is 0 Å².